The second-order valence-corrected chi connectivity index (χ2v) is 5.97. The highest BCUT2D eigenvalue weighted by molar-refractivity contribution is 6.15. The van der Waals surface area contributed by atoms with Gasteiger partial charge in [-0.2, -0.15) is 0 Å². The van der Waals surface area contributed by atoms with Gasteiger partial charge in [0.25, 0.3) is 5.69 Å². The standard InChI is InChI=1S/C18H16N6O2/c1-2-16-21-22-17-10-20-18(11-3-6-13(7-4-11)24(25)26)14-9-12(19)5-8-15(14)23(16)17/h3-9H,2,10,19H2,1H3. The van der Waals surface area contributed by atoms with E-state index in [2.05, 4.69) is 10.2 Å². The highest BCUT2D eigenvalue weighted by atomic mass is 16.6. The number of aryl methyl sites for hydroxylation is 1. The van der Waals surface area contributed by atoms with Crippen LogP contribution in [0, 0.1) is 10.1 Å². The minimum absolute atomic E-state index is 0.0427. The minimum Gasteiger partial charge on any atom is -0.399 e. The van der Waals surface area contributed by atoms with Crippen LogP contribution in [-0.2, 0) is 13.0 Å². The SMILES string of the molecule is CCc1nnc2n1-c1ccc(N)cc1C(c1ccc([N+](=O)[O-])cc1)=NC2. The fourth-order valence-electron chi connectivity index (χ4n) is 3.12. The smallest absolute Gasteiger partial charge is 0.269 e. The average molecular weight is 348 g/mol. The molecule has 3 aromatic rings. The summed E-state index contributed by atoms with van der Waals surface area (Å²) in [6.45, 7) is 2.39. The zero-order valence-corrected chi connectivity index (χ0v) is 14.1. The van der Waals surface area contributed by atoms with E-state index in [1.54, 1.807) is 12.1 Å². The normalized spacial score (nSPS) is 12.7. The molecule has 0 amide bonds. The van der Waals surface area contributed by atoms with E-state index in [9.17, 15) is 10.1 Å². The molecule has 26 heavy (non-hydrogen) atoms. The van der Waals surface area contributed by atoms with Crippen LogP contribution in [0.1, 0.15) is 29.7 Å². The van der Waals surface area contributed by atoms with Gasteiger partial charge in [-0.15, -0.1) is 10.2 Å². The van der Waals surface area contributed by atoms with Crippen LogP contribution in [-0.4, -0.2) is 25.4 Å². The maximum atomic E-state index is 10.9. The molecule has 0 saturated carbocycles. The number of aliphatic imine (C=N–C) groups is 1. The number of nitro benzene ring substituents is 1. The van der Waals surface area contributed by atoms with Crippen molar-refractivity contribution < 1.29 is 4.92 Å². The molecule has 0 bridgehead atoms. The number of hydrogen-bond donors (Lipinski definition) is 1. The number of fused-ring (bicyclic) bond motifs is 3. The van der Waals surface area contributed by atoms with Crippen molar-refractivity contribution in [2.24, 2.45) is 4.99 Å². The molecule has 0 atom stereocenters. The van der Waals surface area contributed by atoms with Crippen LogP contribution in [0.4, 0.5) is 11.4 Å². The van der Waals surface area contributed by atoms with Gasteiger partial charge in [0.15, 0.2) is 5.82 Å². The van der Waals surface area contributed by atoms with E-state index in [0.29, 0.717) is 12.2 Å². The average Bonchev–Trinajstić information content (AvgIpc) is 2.98. The number of nitrogens with zero attached hydrogens (tertiary/aromatic N) is 5. The number of non-ortho nitro benzene ring substituents is 1. The summed E-state index contributed by atoms with van der Waals surface area (Å²) in [5.41, 5.74) is 9.96. The molecule has 8 nitrogen and oxygen atoms in total. The topological polar surface area (TPSA) is 112 Å². The third-order valence-electron chi connectivity index (χ3n) is 4.36. The molecule has 0 fully saturated rings. The Morgan fingerprint density at radius 1 is 1.19 bits per heavy atom. The van der Waals surface area contributed by atoms with Crippen molar-refractivity contribution in [1.29, 1.82) is 0 Å². The Balaban J connectivity index is 1.91. The highest BCUT2D eigenvalue weighted by Crippen LogP contribution is 2.28. The lowest BCUT2D eigenvalue weighted by atomic mass is 9.99. The lowest BCUT2D eigenvalue weighted by Gasteiger charge is -2.13. The number of hydrogen-bond acceptors (Lipinski definition) is 6. The van der Waals surface area contributed by atoms with E-state index in [4.69, 9.17) is 10.7 Å². The number of nitrogen functional groups attached to an aromatic ring is 1. The monoisotopic (exact) mass is 348 g/mol. The fraction of sp³-hybridized carbons (Fsp3) is 0.167. The Bertz CT molecular complexity index is 1040. The molecule has 1 aliphatic rings. The molecule has 0 radical (unpaired) electrons. The van der Waals surface area contributed by atoms with Gasteiger partial charge < -0.3 is 5.73 Å². The minimum atomic E-state index is -0.417. The largest absolute Gasteiger partial charge is 0.399 e. The van der Waals surface area contributed by atoms with Crippen molar-refractivity contribution in [3.05, 3.63) is 75.4 Å². The van der Waals surface area contributed by atoms with Crippen LogP contribution < -0.4 is 5.73 Å². The molecule has 2 aromatic carbocycles. The summed E-state index contributed by atoms with van der Waals surface area (Å²) < 4.78 is 2.01. The molecule has 0 aliphatic carbocycles. The first-order valence-electron chi connectivity index (χ1n) is 8.21. The summed E-state index contributed by atoms with van der Waals surface area (Å²) in [5.74, 6) is 1.61. The van der Waals surface area contributed by atoms with Crippen molar-refractivity contribution >= 4 is 17.1 Å². The van der Waals surface area contributed by atoms with Gasteiger partial charge in [0.2, 0.25) is 0 Å². The maximum absolute atomic E-state index is 10.9. The van der Waals surface area contributed by atoms with Crippen LogP contribution in [0.2, 0.25) is 0 Å². The number of nitro groups is 1. The van der Waals surface area contributed by atoms with Gasteiger partial charge in [0.05, 0.1) is 16.3 Å². The Labute approximate surface area is 149 Å². The van der Waals surface area contributed by atoms with Crippen molar-refractivity contribution in [3.63, 3.8) is 0 Å². The predicted octanol–water partition coefficient (Wildman–Crippen LogP) is 2.67. The number of aromatic nitrogens is 3. The summed E-state index contributed by atoms with van der Waals surface area (Å²) >= 11 is 0. The quantitative estimate of drug-likeness (QED) is 0.444. The zero-order valence-electron chi connectivity index (χ0n) is 14.1. The Morgan fingerprint density at radius 2 is 1.96 bits per heavy atom. The van der Waals surface area contributed by atoms with E-state index in [1.165, 1.54) is 12.1 Å². The molecule has 8 heteroatoms. The van der Waals surface area contributed by atoms with Crippen LogP contribution in [0.25, 0.3) is 5.69 Å². The van der Waals surface area contributed by atoms with Crippen molar-refractivity contribution in [2.75, 3.05) is 5.73 Å². The van der Waals surface area contributed by atoms with Gasteiger partial charge in [-0.25, -0.2) is 0 Å². The van der Waals surface area contributed by atoms with E-state index in [1.807, 2.05) is 29.7 Å². The van der Waals surface area contributed by atoms with Gasteiger partial charge in [-0.1, -0.05) is 6.92 Å². The summed E-state index contributed by atoms with van der Waals surface area (Å²) in [6, 6.07) is 12.0. The lowest BCUT2D eigenvalue weighted by molar-refractivity contribution is -0.384. The summed E-state index contributed by atoms with van der Waals surface area (Å²) in [6.07, 6.45) is 0.740. The third-order valence-corrected chi connectivity index (χ3v) is 4.36. The Kier molecular flexibility index (Phi) is 3.72. The third kappa shape index (κ3) is 2.52. The van der Waals surface area contributed by atoms with E-state index < -0.39 is 4.92 Å². The molecule has 0 saturated heterocycles. The Hall–Kier alpha value is -3.55. The molecule has 1 aliphatic heterocycles. The van der Waals surface area contributed by atoms with Crippen molar-refractivity contribution in [3.8, 4) is 5.69 Å². The first-order valence-corrected chi connectivity index (χ1v) is 8.21. The van der Waals surface area contributed by atoms with Crippen LogP contribution in [0.15, 0.2) is 47.5 Å². The van der Waals surface area contributed by atoms with Gasteiger partial charge in [0.1, 0.15) is 12.4 Å². The van der Waals surface area contributed by atoms with Crippen LogP contribution in [0.3, 0.4) is 0 Å². The van der Waals surface area contributed by atoms with E-state index >= 15 is 0 Å². The molecule has 0 spiro atoms. The van der Waals surface area contributed by atoms with Crippen LogP contribution in [0.5, 0.6) is 0 Å². The molecule has 2 heterocycles. The second-order valence-electron chi connectivity index (χ2n) is 5.97. The highest BCUT2D eigenvalue weighted by Gasteiger charge is 2.22. The number of anilines is 1. The molecule has 2 N–H and O–H groups in total. The maximum Gasteiger partial charge on any atom is 0.269 e. The lowest BCUT2D eigenvalue weighted by Crippen LogP contribution is -2.10. The Morgan fingerprint density at radius 3 is 2.65 bits per heavy atom. The molecule has 0 unspecified atom stereocenters. The number of benzene rings is 2. The van der Waals surface area contributed by atoms with Crippen LogP contribution >= 0.6 is 0 Å². The molecular formula is C18H16N6O2. The van der Waals surface area contributed by atoms with Crippen molar-refractivity contribution in [1.82, 2.24) is 14.8 Å². The van der Waals surface area contributed by atoms with Gasteiger partial charge in [0, 0.05) is 35.4 Å². The number of rotatable bonds is 3. The molecule has 130 valence electrons. The van der Waals surface area contributed by atoms with Gasteiger partial charge >= 0.3 is 0 Å². The van der Waals surface area contributed by atoms with Crippen molar-refractivity contribution in [2.45, 2.75) is 19.9 Å². The summed E-state index contributed by atoms with van der Waals surface area (Å²) in [7, 11) is 0. The number of nitrogens with two attached hydrogens (primary N) is 1. The van der Waals surface area contributed by atoms with Gasteiger partial charge in [-0.05, 0) is 30.3 Å². The predicted molar refractivity (Wildman–Crippen MR) is 97.6 cm³/mol. The van der Waals surface area contributed by atoms with Gasteiger partial charge in [-0.3, -0.25) is 19.7 Å². The second kappa shape index (κ2) is 6.07. The fourth-order valence-corrected chi connectivity index (χ4v) is 3.12. The molecule has 1 aromatic heterocycles. The zero-order chi connectivity index (χ0) is 18.3. The molecular weight excluding hydrogens is 332 g/mol. The van der Waals surface area contributed by atoms with E-state index in [-0.39, 0.29) is 5.69 Å². The summed E-state index contributed by atoms with van der Waals surface area (Å²) in [5, 5.41) is 19.4. The first kappa shape index (κ1) is 15.9. The molecule has 4 rings (SSSR count). The summed E-state index contributed by atoms with van der Waals surface area (Å²) in [4.78, 5) is 15.2. The van der Waals surface area contributed by atoms with E-state index in [0.717, 1.165) is 40.6 Å². The first-order chi connectivity index (χ1) is 12.6.